The third kappa shape index (κ3) is 4.02. The number of sulfonamides is 1. The number of hydrogen-bond donors (Lipinski definition) is 1. The van der Waals surface area contributed by atoms with Crippen molar-refractivity contribution in [2.24, 2.45) is 0 Å². The van der Waals surface area contributed by atoms with Crippen molar-refractivity contribution in [1.82, 2.24) is 14.9 Å². The van der Waals surface area contributed by atoms with Gasteiger partial charge >= 0.3 is 0 Å². The molecule has 0 radical (unpaired) electrons. The first-order chi connectivity index (χ1) is 11.1. The van der Waals surface area contributed by atoms with E-state index in [1.54, 1.807) is 18.2 Å². The molecule has 0 saturated carbocycles. The Morgan fingerprint density at radius 2 is 1.48 bits per heavy atom. The highest BCUT2D eigenvalue weighted by Crippen LogP contribution is 2.10. The topological polar surface area (TPSA) is 85.1 Å². The molecular formula is C16H15N3O3S. The van der Waals surface area contributed by atoms with E-state index in [2.05, 4.69) is 14.9 Å². The van der Waals surface area contributed by atoms with Crippen molar-refractivity contribution in [3.8, 4) is 0 Å². The predicted molar refractivity (Wildman–Crippen MR) is 84.0 cm³/mol. The standard InChI is InChI=1S/C16H15N3O3S/c20-23(21,14-9-5-2-6-10-14)17-12-16-19-18-15(22-16)11-13-7-3-1-4-8-13/h1-10,17H,11-12H2. The van der Waals surface area contributed by atoms with Gasteiger partial charge in [0.2, 0.25) is 21.8 Å². The van der Waals surface area contributed by atoms with Crippen molar-refractivity contribution in [2.75, 3.05) is 0 Å². The molecule has 1 aromatic heterocycles. The average Bonchev–Trinajstić information content (AvgIpc) is 3.02. The van der Waals surface area contributed by atoms with Crippen LogP contribution in [-0.2, 0) is 23.0 Å². The van der Waals surface area contributed by atoms with E-state index in [1.807, 2.05) is 30.3 Å². The second kappa shape index (κ2) is 6.72. The van der Waals surface area contributed by atoms with Gasteiger partial charge in [0.1, 0.15) is 0 Å². The second-order valence-electron chi connectivity index (χ2n) is 4.89. The summed E-state index contributed by atoms with van der Waals surface area (Å²) in [5.41, 5.74) is 1.05. The van der Waals surface area contributed by atoms with E-state index < -0.39 is 10.0 Å². The number of nitrogens with zero attached hydrogens (tertiary/aromatic N) is 2. The van der Waals surface area contributed by atoms with Gasteiger partial charge in [-0.1, -0.05) is 48.5 Å². The fraction of sp³-hybridized carbons (Fsp3) is 0.125. The summed E-state index contributed by atoms with van der Waals surface area (Å²) >= 11 is 0. The first-order valence-corrected chi connectivity index (χ1v) is 8.52. The van der Waals surface area contributed by atoms with Gasteiger partial charge in [-0.15, -0.1) is 10.2 Å². The smallest absolute Gasteiger partial charge is 0.241 e. The monoisotopic (exact) mass is 329 g/mol. The molecule has 0 aliphatic heterocycles. The molecule has 3 rings (SSSR count). The molecule has 3 aromatic rings. The molecule has 0 bridgehead atoms. The lowest BCUT2D eigenvalue weighted by molar-refractivity contribution is 0.451. The SMILES string of the molecule is O=S(=O)(NCc1nnc(Cc2ccccc2)o1)c1ccccc1. The van der Waals surface area contributed by atoms with Crippen LogP contribution in [0.25, 0.3) is 0 Å². The van der Waals surface area contributed by atoms with Crippen molar-refractivity contribution in [3.05, 3.63) is 78.0 Å². The van der Waals surface area contributed by atoms with E-state index in [0.717, 1.165) is 5.56 Å². The van der Waals surface area contributed by atoms with Gasteiger partial charge in [-0.3, -0.25) is 0 Å². The van der Waals surface area contributed by atoms with Gasteiger partial charge in [0.05, 0.1) is 17.9 Å². The molecule has 1 N–H and O–H groups in total. The van der Waals surface area contributed by atoms with Gasteiger partial charge in [-0.05, 0) is 17.7 Å². The molecule has 0 spiro atoms. The number of rotatable bonds is 6. The minimum Gasteiger partial charge on any atom is -0.423 e. The lowest BCUT2D eigenvalue weighted by atomic mass is 10.2. The zero-order valence-electron chi connectivity index (χ0n) is 12.2. The first-order valence-electron chi connectivity index (χ1n) is 7.03. The number of nitrogens with one attached hydrogen (secondary N) is 1. The van der Waals surface area contributed by atoms with Crippen LogP contribution in [-0.4, -0.2) is 18.6 Å². The summed E-state index contributed by atoms with van der Waals surface area (Å²) in [6.45, 7) is -0.0426. The van der Waals surface area contributed by atoms with Crippen molar-refractivity contribution in [2.45, 2.75) is 17.9 Å². The summed E-state index contributed by atoms with van der Waals surface area (Å²) in [5.74, 6) is 0.681. The van der Waals surface area contributed by atoms with E-state index in [0.29, 0.717) is 12.3 Å². The summed E-state index contributed by atoms with van der Waals surface area (Å²) in [4.78, 5) is 0.198. The average molecular weight is 329 g/mol. The van der Waals surface area contributed by atoms with Crippen LogP contribution in [0.4, 0.5) is 0 Å². The van der Waals surface area contributed by atoms with Gasteiger partial charge in [0.15, 0.2) is 0 Å². The van der Waals surface area contributed by atoms with Crippen LogP contribution in [0.2, 0.25) is 0 Å². The molecule has 0 aliphatic rings. The highest BCUT2D eigenvalue weighted by molar-refractivity contribution is 7.89. The van der Waals surface area contributed by atoms with Gasteiger partial charge < -0.3 is 4.42 Å². The molecule has 6 nitrogen and oxygen atoms in total. The Hall–Kier alpha value is -2.51. The molecule has 0 fully saturated rings. The molecule has 0 atom stereocenters. The highest BCUT2D eigenvalue weighted by Gasteiger charge is 2.15. The summed E-state index contributed by atoms with van der Waals surface area (Å²) in [6.07, 6.45) is 0.513. The van der Waals surface area contributed by atoms with Crippen molar-refractivity contribution in [3.63, 3.8) is 0 Å². The van der Waals surface area contributed by atoms with E-state index in [9.17, 15) is 8.42 Å². The maximum Gasteiger partial charge on any atom is 0.241 e. The molecule has 0 aliphatic carbocycles. The van der Waals surface area contributed by atoms with Crippen molar-refractivity contribution < 1.29 is 12.8 Å². The quantitative estimate of drug-likeness (QED) is 0.749. The number of hydrogen-bond acceptors (Lipinski definition) is 5. The maximum absolute atomic E-state index is 12.1. The molecule has 7 heteroatoms. The predicted octanol–water partition coefficient (Wildman–Crippen LogP) is 2.14. The summed E-state index contributed by atoms with van der Waals surface area (Å²) < 4.78 is 32.1. The zero-order chi connectivity index (χ0) is 16.1. The number of benzene rings is 2. The van der Waals surface area contributed by atoms with Gasteiger partial charge in [-0.25, -0.2) is 13.1 Å². The minimum absolute atomic E-state index is 0.0426. The van der Waals surface area contributed by atoms with Crippen molar-refractivity contribution >= 4 is 10.0 Å². The summed E-state index contributed by atoms with van der Waals surface area (Å²) in [7, 11) is -3.59. The largest absolute Gasteiger partial charge is 0.423 e. The highest BCUT2D eigenvalue weighted by atomic mass is 32.2. The van der Waals surface area contributed by atoms with Crippen LogP contribution in [0, 0.1) is 0 Å². The Morgan fingerprint density at radius 3 is 2.17 bits per heavy atom. The normalized spacial score (nSPS) is 11.5. The number of aromatic nitrogens is 2. The van der Waals surface area contributed by atoms with Gasteiger partial charge in [0, 0.05) is 0 Å². The molecule has 0 amide bonds. The molecule has 0 unspecified atom stereocenters. The lowest BCUT2D eigenvalue weighted by Crippen LogP contribution is -2.23. The maximum atomic E-state index is 12.1. The lowest BCUT2D eigenvalue weighted by Gasteiger charge is -2.03. The van der Waals surface area contributed by atoms with E-state index in [-0.39, 0.29) is 17.3 Å². The fourth-order valence-corrected chi connectivity index (χ4v) is 3.04. The molecule has 0 saturated heterocycles. The van der Waals surface area contributed by atoms with E-state index in [4.69, 9.17) is 4.42 Å². The van der Waals surface area contributed by atoms with Gasteiger partial charge in [0.25, 0.3) is 0 Å². The van der Waals surface area contributed by atoms with Crippen LogP contribution >= 0.6 is 0 Å². The molecule has 1 heterocycles. The van der Waals surface area contributed by atoms with Crippen LogP contribution in [0.3, 0.4) is 0 Å². The van der Waals surface area contributed by atoms with Gasteiger partial charge in [-0.2, -0.15) is 0 Å². The zero-order valence-corrected chi connectivity index (χ0v) is 13.0. The Balaban J connectivity index is 1.63. The third-order valence-corrected chi connectivity index (χ3v) is 4.59. The van der Waals surface area contributed by atoms with Crippen LogP contribution in [0.1, 0.15) is 17.3 Å². The third-order valence-electron chi connectivity index (χ3n) is 3.17. The summed E-state index contributed by atoms with van der Waals surface area (Å²) in [6, 6.07) is 17.9. The van der Waals surface area contributed by atoms with E-state index >= 15 is 0 Å². The molecule has 23 heavy (non-hydrogen) atoms. The van der Waals surface area contributed by atoms with Crippen molar-refractivity contribution in [1.29, 1.82) is 0 Å². The summed E-state index contributed by atoms with van der Waals surface area (Å²) in [5, 5.41) is 7.80. The van der Waals surface area contributed by atoms with Crippen LogP contribution in [0.15, 0.2) is 70.0 Å². The Bertz CT molecular complexity index is 862. The second-order valence-corrected chi connectivity index (χ2v) is 6.66. The Morgan fingerprint density at radius 1 is 0.870 bits per heavy atom. The Kier molecular flexibility index (Phi) is 4.50. The minimum atomic E-state index is -3.59. The fourth-order valence-electron chi connectivity index (χ4n) is 2.04. The van der Waals surface area contributed by atoms with E-state index in [1.165, 1.54) is 12.1 Å². The van der Waals surface area contributed by atoms with Crippen LogP contribution in [0.5, 0.6) is 0 Å². The molecule has 118 valence electrons. The van der Waals surface area contributed by atoms with Crippen LogP contribution < -0.4 is 4.72 Å². The Labute approximate surface area is 134 Å². The molecular weight excluding hydrogens is 314 g/mol. The first kappa shape index (κ1) is 15.4. The molecule has 2 aromatic carbocycles.